The molecule has 0 aromatic heterocycles. The van der Waals surface area contributed by atoms with E-state index in [2.05, 4.69) is 63.3 Å². The Bertz CT molecular complexity index is 2900. The fourth-order valence-electron chi connectivity index (χ4n) is 13.8. The largest absolute Gasteiger partial charge is 0.404 e. The summed E-state index contributed by atoms with van der Waals surface area (Å²) >= 11 is 0. The maximum absolute atomic E-state index is 14.7. The van der Waals surface area contributed by atoms with Crippen molar-refractivity contribution in [1.29, 1.82) is 5.26 Å². The Labute approximate surface area is 597 Å². The van der Waals surface area contributed by atoms with Gasteiger partial charge >= 0.3 is 12.2 Å². The number of likely N-dealkylation sites (tertiary alicyclic amines) is 2. The number of ether oxygens (including phenoxy) is 2. The predicted molar refractivity (Wildman–Crippen MR) is 380 cm³/mol. The molecule has 2 aliphatic rings. The quantitative estimate of drug-likeness (QED) is 0.0326. The van der Waals surface area contributed by atoms with Crippen LogP contribution in [-0.4, -0.2) is 213 Å². The van der Waals surface area contributed by atoms with Crippen molar-refractivity contribution in [1.82, 2.24) is 56.8 Å². The van der Waals surface area contributed by atoms with E-state index < -0.39 is 132 Å². The molecule has 3 rings (SSSR count). The third kappa shape index (κ3) is 27.2. The van der Waals surface area contributed by atoms with Crippen molar-refractivity contribution in [3.63, 3.8) is 0 Å². The van der Waals surface area contributed by atoms with E-state index in [1.165, 1.54) is 31.3 Å². The van der Waals surface area contributed by atoms with Gasteiger partial charge in [-0.1, -0.05) is 114 Å². The second kappa shape index (κ2) is 42.4. The second-order valence-electron chi connectivity index (χ2n) is 29.1. The number of methoxy groups -OCH3 is 2. The fourth-order valence-corrected chi connectivity index (χ4v) is 13.8. The Hall–Kier alpha value is -7.16. The molecule has 10 N–H and O–H groups in total. The van der Waals surface area contributed by atoms with Gasteiger partial charge < -0.3 is 67.5 Å². The Morgan fingerprint density at radius 3 is 1.95 bits per heavy atom. The van der Waals surface area contributed by atoms with Gasteiger partial charge in [0.05, 0.1) is 48.7 Å². The molecule has 14 atom stereocenters. The molecule has 101 heavy (non-hydrogen) atoms. The molecular weight excluding hydrogens is 1310 g/mol. The number of hydrogen-bond acceptors (Lipinski definition) is 15. The monoisotopic (exact) mass is 1430 g/mol. The number of nitrogens with two attached hydrogens (primary N) is 1. The highest BCUT2D eigenvalue weighted by Gasteiger charge is 2.49. The summed E-state index contributed by atoms with van der Waals surface area (Å²) in [6.45, 7) is 22.9. The predicted octanol–water partition coefficient (Wildman–Crippen LogP) is 6.26. The van der Waals surface area contributed by atoms with Gasteiger partial charge in [0.1, 0.15) is 24.2 Å². The van der Waals surface area contributed by atoms with Crippen LogP contribution >= 0.6 is 0 Å². The molecule has 3 unspecified atom stereocenters. The topological polar surface area (TPSA) is 348 Å². The molecule has 572 valence electrons. The number of halogens is 3. The van der Waals surface area contributed by atoms with Crippen LogP contribution in [0.2, 0.25) is 0 Å². The maximum Gasteiger partial charge on any atom is 0.404 e. The van der Waals surface area contributed by atoms with Crippen molar-refractivity contribution >= 4 is 64.9 Å². The zero-order valence-corrected chi connectivity index (χ0v) is 63.0. The number of nitrogens with one attached hydrogen (secondary N) is 8. The molecule has 1 aromatic rings. The number of amides is 11. The minimum absolute atomic E-state index is 0.00863. The molecule has 2 aliphatic heterocycles. The number of unbranched alkanes of at least 4 members (excludes halogenated alkanes) is 2. The van der Waals surface area contributed by atoms with E-state index in [0.717, 1.165) is 25.7 Å². The van der Waals surface area contributed by atoms with Crippen molar-refractivity contribution in [2.24, 2.45) is 40.7 Å². The first-order valence-corrected chi connectivity index (χ1v) is 36.1. The third-order valence-electron chi connectivity index (χ3n) is 20.0. The number of carbonyl (C=O) groups excluding carboxylic acids is 10. The third-order valence-corrected chi connectivity index (χ3v) is 20.0. The molecule has 2 fully saturated rings. The fraction of sp³-hybridized carbons (Fsp3) is 0.764. The van der Waals surface area contributed by atoms with Crippen molar-refractivity contribution in [2.45, 2.75) is 259 Å². The molecule has 2 heterocycles. The van der Waals surface area contributed by atoms with Gasteiger partial charge in [0.25, 0.3) is 5.91 Å². The SMILES string of the molecule is CCCCCC(C)(C)[C@@H](C(=O)N[C@H](C(=O)N(C)[C@@H]([C@@H](C)CC)[C@@H](CC(=O)N1CCC[C@H]1[C@H](OC)[C@@H](C)C(=O)N[C@@H](C#N)C(=O)NCc1ccc(NC(=O)[C@H](CCCNC(N)=O)NC(=O)[C@@H](NC(=O)CCCN2CCC(C(=O)NC(C)CC)CC2C(F)(F)F)C(C)C)cc1)OC)C(C)C)N(C)C. The minimum atomic E-state index is -4.60. The number of anilines is 1. The second-order valence-corrected chi connectivity index (χ2v) is 29.1. The number of piperidine rings is 1. The molecule has 2 saturated heterocycles. The Morgan fingerprint density at radius 2 is 1.40 bits per heavy atom. The standard InChI is InChI=1S/C72H121F3N14O12/c1-18-21-22-34-71(11,12)62(86(13)14)68(97)85-59(44(6)7)69(98)87(15)60(45(8)19-2)54(100-16)40-57(91)89-37-24-27-53(89)61(101-17)47(10)63(92)83-52(41-76)65(94)79-42-48-29-31-50(32-30-48)81-66(95)51(26-23-35-78-70(77)99)82-67(96)58(43(4)5)84-56(90)28-25-36-88-38-33-49(39-55(88)72(73,74)75)64(93)80-46(9)20-3/h29-32,43-47,49,51-55,58-62H,18-28,33-40,42H2,1-17H3,(H,79,94)(H,80,93)(H,81,95)(H,82,96)(H,83,92)(H,84,90)(H,85,97)(H3,77,78,99)/t45-,46?,47+,49?,51-,52-,53-,54+,55?,58-,59-,60-,61+,62+/m0/s1. The summed E-state index contributed by atoms with van der Waals surface area (Å²) in [5, 5.41) is 31.8. The summed E-state index contributed by atoms with van der Waals surface area (Å²) in [6, 6.07) is -1.29. The van der Waals surface area contributed by atoms with Crippen LogP contribution in [-0.2, 0) is 59.2 Å². The van der Waals surface area contributed by atoms with Crippen molar-refractivity contribution in [3.05, 3.63) is 29.8 Å². The smallest absolute Gasteiger partial charge is 0.379 e. The van der Waals surface area contributed by atoms with Crippen LogP contribution in [0.4, 0.5) is 23.7 Å². The molecule has 0 bridgehead atoms. The van der Waals surface area contributed by atoms with Crippen LogP contribution in [0.5, 0.6) is 0 Å². The van der Waals surface area contributed by atoms with Crippen LogP contribution in [0.3, 0.4) is 0 Å². The molecule has 11 amide bonds. The Balaban J connectivity index is 1.67. The molecule has 1 aromatic carbocycles. The van der Waals surface area contributed by atoms with Crippen LogP contribution in [0.15, 0.2) is 24.3 Å². The van der Waals surface area contributed by atoms with Crippen LogP contribution in [0, 0.1) is 46.3 Å². The average molecular weight is 1430 g/mol. The van der Waals surface area contributed by atoms with Crippen LogP contribution in [0.25, 0.3) is 0 Å². The highest BCUT2D eigenvalue weighted by atomic mass is 19.4. The first-order chi connectivity index (χ1) is 47.4. The zero-order valence-electron chi connectivity index (χ0n) is 63.0. The van der Waals surface area contributed by atoms with Crippen molar-refractivity contribution < 1.29 is 70.6 Å². The van der Waals surface area contributed by atoms with E-state index >= 15 is 0 Å². The Kier molecular flexibility index (Phi) is 37.0. The first kappa shape index (κ1) is 88.1. The van der Waals surface area contributed by atoms with E-state index in [1.807, 2.05) is 59.7 Å². The van der Waals surface area contributed by atoms with E-state index in [0.29, 0.717) is 37.8 Å². The Morgan fingerprint density at radius 1 is 0.743 bits per heavy atom. The summed E-state index contributed by atoms with van der Waals surface area (Å²) in [7, 11) is 8.36. The molecule has 29 heteroatoms. The molecule has 0 radical (unpaired) electrons. The van der Waals surface area contributed by atoms with E-state index in [4.69, 9.17) is 15.2 Å². The van der Waals surface area contributed by atoms with Gasteiger partial charge in [0, 0.05) is 65.0 Å². The van der Waals surface area contributed by atoms with E-state index in [-0.39, 0.29) is 111 Å². The van der Waals surface area contributed by atoms with Gasteiger partial charge in [-0.05, 0) is 133 Å². The van der Waals surface area contributed by atoms with E-state index in [1.54, 1.807) is 56.7 Å². The summed E-state index contributed by atoms with van der Waals surface area (Å²) in [6.07, 6.45) is -0.221. The average Bonchev–Trinajstić information content (AvgIpc) is 1.74. The summed E-state index contributed by atoms with van der Waals surface area (Å²) < 4.78 is 54.9. The normalized spacial score (nSPS) is 19.2. The lowest BCUT2D eigenvalue weighted by atomic mass is 9.78. The minimum Gasteiger partial charge on any atom is -0.379 e. The number of rotatable bonds is 42. The molecule has 0 saturated carbocycles. The lowest BCUT2D eigenvalue weighted by molar-refractivity contribution is -0.196. The molecule has 0 aliphatic carbocycles. The molecule has 0 spiro atoms. The lowest BCUT2D eigenvalue weighted by Crippen LogP contribution is -2.60. The van der Waals surface area contributed by atoms with Gasteiger partial charge in [-0.2, -0.15) is 18.4 Å². The van der Waals surface area contributed by atoms with Gasteiger partial charge in [0.2, 0.25) is 47.3 Å². The number of benzene rings is 1. The van der Waals surface area contributed by atoms with Gasteiger partial charge in [-0.3, -0.25) is 53.0 Å². The highest BCUT2D eigenvalue weighted by Crippen LogP contribution is 2.36. The first-order valence-electron chi connectivity index (χ1n) is 36.1. The van der Waals surface area contributed by atoms with Crippen molar-refractivity contribution in [2.75, 3.05) is 66.9 Å². The number of primary amides is 1. The number of nitrogens with zero attached hydrogens (tertiary/aromatic N) is 5. The summed E-state index contributed by atoms with van der Waals surface area (Å²) in [5.74, 6) is -7.37. The number of carbonyl (C=O) groups is 10. The molecular formula is C72H121F3N14O12. The number of alkyl halides is 3. The van der Waals surface area contributed by atoms with Crippen LogP contribution in [0.1, 0.15) is 185 Å². The number of likely N-dealkylation sites (N-methyl/N-ethyl adjacent to an activating group) is 2. The number of hydrogen-bond donors (Lipinski definition) is 9. The van der Waals surface area contributed by atoms with Crippen molar-refractivity contribution in [3.8, 4) is 6.07 Å². The summed E-state index contributed by atoms with van der Waals surface area (Å²) in [4.78, 5) is 143. The number of urea groups is 1. The van der Waals surface area contributed by atoms with Crippen LogP contribution < -0.4 is 48.3 Å². The number of nitriles is 1. The van der Waals surface area contributed by atoms with Gasteiger partial charge in [0.15, 0.2) is 6.04 Å². The van der Waals surface area contributed by atoms with Gasteiger partial charge in [-0.15, -0.1) is 0 Å². The van der Waals surface area contributed by atoms with E-state index in [9.17, 15) is 66.4 Å². The maximum atomic E-state index is 14.7. The lowest BCUT2D eigenvalue weighted by Gasteiger charge is -2.42. The highest BCUT2D eigenvalue weighted by molar-refractivity contribution is 5.98. The summed E-state index contributed by atoms with van der Waals surface area (Å²) in [5.41, 5.74) is 5.67. The molecule has 26 nitrogen and oxygen atoms in total. The zero-order chi connectivity index (χ0) is 76.2. The van der Waals surface area contributed by atoms with Gasteiger partial charge in [-0.25, -0.2) is 4.79 Å².